The fourth-order valence-electron chi connectivity index (χ4n) is 7.53. The van der Waals surface area contributed by atoms with Gasteiger partial charge in [0.2, 0.25) is 0 Å². The maximum atomic E-state index is 14.3. The first-order valence-corrected chi connectivity index (χ1v) is 14.6. The number of ether oxygens (including phenoxy) is 1. The molecule has 3 aliphatic carbocycles. The fourth-order valence-corrected chi connectivity index (χ4v) is 7.53. The predicted octanol–water partition coefficient (Wildman–Crippen LogP) is 9.77. The highest BCUT2D eigenvalue weighted by Crippen LogP contribution is 2.45. The highest BCUT2D eigenvalue weighted by atomic mass is 19.1. The lowest BCUT2D eigenvalue weighted by molar-refractivity contribution is 0.165. The highest BCUT2D eigenvalue weighted by molar-refractivity contribution is 5.33. The van der Waals surface area contributed by atoms with Crippen LogP contribution in [0.1, 0.15) is 125 Å². The van der Waals surface area contributed by atoms with Crippen LogP contribution in [-0.2, 0) is 0 Å². The van der Waals surface area contributed by atoms with Gasteiger partial charge in [-0.3, -0.25) is 0 Å². The first-order chi connectivity index (χ1) is 17.1. The third-order valence-electron chi connectivity index (χ3n) is 9.83. The Labute approximate surface area is 212 Å². The first kappa shape index (κ1) is 24.8. The van der Waals surface area contributed by atoms with Gasteiger partial charge in [0.15, 0.2) is 11.6 Å². The van der Waals surface area contributed by atoms with E-state index < -0.39 is 0 Å². The van der Waals surface area contributed by atoms with Crippen molar-refractivity contribution in [3.63, 3.8) is 0 Å². The average molecular weight is 477 g/mol. The number of hydrogen-bond acceptors (Lipinski definition) is 1. The summed E-state index contributed by atoms with van der Waals surface area (Å²) in [6.07, 6.45) is 16.3. The standard InChI is InChI=1S/C33H45FO/c1-3-35-33-21-20-31(22-32(33)34)30-18-16-29(17-19-30)28-14-12-27(13-15-28)26-10-8-25(9-11-26)24-6-4-23(2)5-7-24/h12-15,20-26,29-30H,3-11,16-19H2,1-2H3. The molecule has 0 saturated heterocycles. The SMILES string of the molecule is CCOc1ccc(C2CCC(c3ccc(C4CCC(C5CCC(C)CC5)CC4)cc3)CC2)cc1F. The number of rotatable bonds is 6. The molecule has 0 radical (unpaired) electrons. The van der Waals surface area contributed by atoms with E-state index in [0.29, 0.717) is 24.2 Å². The van der Waals surface area contributed by atoms with Crippen LogP contribution < -0.4 is 4.74 Å². The van der Waals surface area contributed by atoms with E-state index in [9.17, 15) is 4.39 Å². The minimum Gasteiger partial charge on any atom is -0.491 e. The summed E-state index contributed by atoms with van der Waals surface area (Å²) in [7, 11) is 0. The summed E-state index contributed by atoms with van der Waals surface area (Å²) in [4.78, 5) is 0. The fraction of sp³-hybridized carbons (Fsp3) is 0.636. The van der Waals surface area contributed by atoms with Gasteiger partial charge in [-0.1, -0.05) is 50.1 Å². The molecule has 0 spiro atoms. The summed E-state index contributed by atoms with van der Waals surface area (Å²) < 4.78 is 19.7. The second-order valence-electron chi connectivity index (χ2n) is 12.0. The van der Waals surface area contributed by atoms with Gasteiger partial charge in [0, 0.05) is 0 Å². The van der Waals surface area contributed by atoms with Crippen LogP contribution in [0.5, 0.6) is 5.75 Å². The molecule has 0 aromatic heterocycles. The summed E-state index contributed by atoms with van der Waals surface area (Å²) in [6.45, 7) is 4.83. The van der Waals surface area contributed by atoms with Crippen LogP contribution >= 0.6 is 0 Å². The Balaban J connectivity index is 1.11. The van der Waals surface area contributed by atoms with E-state index in [1.807, 2.05) is 13.0 Å². The van der Waals surface area contributed by atoms with E-state index in [-0.39, 0.29) is 5.82 Å². The molecule has 0 unspecified atom stereocenters. The van der Waals surface area contributed by atoms with Gasteiger partial charge in [-0.05, 0) is 135 Å². The maximum Gasteiger partial charge on any atom is 0.165 e. The molecular formula is C33H45FO. The molecule has 2 aromatic rings. The van der Waals surface area contributed by atoms with Crippen molar-refractivity contribution < 1.29 is 9.13 Å². The van der Waals surface area contributed by atoms with E-state index in [2.05, 4.69) is 37.3 Å². The molecule has 5 rings (SSSR count). The van der Waals surface area contributed by atoms with Crippen LogP contribution in [0.2, 0.25) is 0 Å². The van der Waals surface area contributed by atoms with E-state index in [1.165, 1.54) is 69.8 Å². The quantitative estimate of drug-likeness (QED) is 0.403. The van der Waals surface area contributed by atoms with Crippen molar-refractivity contribution >= 4 is 0 Å². The smallest absolute Gasteiger partial charge is 0.165 e. The van der Waals surface area contributed by atoms with Crippen LogP contribution in [0.3, 0.4) is 0 Å². The zero-order valence-corrected chi connectivity index (χ0v) is 22.0. The van der Waals surface area contributed by atoms with Gasteiger partial charge in [0.25, 0.3) is 0 Å². The van der Waals surface area contributed by atoms with Gasteiger partial charge in [-0.2, -0.15) is 0 Å². The second kappa shape index (κ2) is 11.5. The van der Waals surface area contributed by atoms with Crippen molar-refractivity contribution in [2.24, 2.45) is 17.8 Å². The Bertz CT molecular complexity index is 926. The van der Waals surface area contributed by atoms with Crippen molar-refractivity contribution in [2.45, 2.75) is 109 Å². The Hall–Kier alpha value is -1.83. The van der Waals surface area contributed by atoms with Gasteiger partial charge in [0.1, 0.15) is 0 Å². The molecule has 0 N–H and O–H groups in total. The molecule has 0 aliphatic heterocycles. The molecule has 0 amide bonds. The highest BCUT2D eigenvalue weighted by Gasteiger charge is 2.30. The second-order valence-corrected chi connectivity index (χ2v) is 12.0. The summed E-state index contributed by atoms with van der Waals surface area (Å²) >= 11 is 0. The van der Waals surface area contributed by atoms with Crippen molar-refractivity contribution in [3.8, 4) is 5.75 Å². The minimum absolute atomic E-state index is 0.218. The lowest BCUT2D eigenvalue weighted by atomic mass is 9.68. The topological polar surface area (TPSA) is 9.23 Å². The Morgan fingerprint density at radius 1 is 0.629 bits per heavy atom. The summed E-state index contributed by atoms with van der Waals surface area (Å²) in [5.74, 6) is 5.03. The van der Waals surface area contributed by atoms with E-state index in [4.69, 9.17) is 4.74 Å². The van der Waals surface area contributed by atoms with Gasteiger partial charge < -0.3 is 4.74 Å². The molecule has 35 heavy (non-hydrogen) atoms. The molecule has 2 aromatic carbocycles. The molecule has 3 aliphatic rings. The Morgan fingerprint density at radius 2 is 1.06 bits per heavy atom. The lowest BCUT2D eigenvalue weighted by Gasteiger charge is -2.37. The lowest BCUT2D eigenvalue weighted by Crippen LogP contribution is -2.24. The van der Waals surface area contributed by atoms with Crippen molar-refractivity contribution in [1.29, 1.82) is 0 Å². The van der Waals surface area contributed by atoms with Crippen molar-refractivity contribution in [3.05, 3.63) is 65.0 Å². The first-order valence-electron chi connectivity index (χ1n) is 14.6. The molecule has 190 valence electrons. The van der Waals surface area contributed by atoms with Crippen LogP contribution in [-0.4, -0.2) is 6.61 Å². The van der Waals surface area contributed by atoms with Gasteiger partial charge in [-0.25, -0.2) is 4.39 Å². The molecule has 0 bridgehead atoms. The van der Waals surface area contributed by atoms with Crippen LogP contribution in [0, 0.1) is 23.6 Å². The van der Waals surface area contributed by atoms with Gasteiger partial charge in [0.05, 0.1) is 6.61 Å². The van der Waals surface area contributed by atoms with E-state index in [1.54, 1.807) is 11.6 Å². The van der Waals surface area contributed by atoms with Gasteiger partial charge >= 0.3 is 0 Å². The van der Waals surface area contributed by atoms with E-state index in [0.717, 1.165) is 42.1 Å². The Morgan fingerprint density at radius 3 is 1.54 bits per heavy atom. The van der Waals surface area contributed by atoms with Crippen LogP contribution in [0.15, 0.2) is 42.5 Å². The minimum atomic E-state index is -0.218. The molecule has 3 saturated carbocycles. The van der Waals surface area contributed by atoms with Crippen LogP contribution in [0.25, 0.3) is 0 Å². The molecular weight excluding hydrogens is 431 g/mol. The number of benzene rings is 2. The monoisotopic (exact) mass is 476 g/mol. The zero-order chi connectivity index (χ0) is 24.2. The molecule has 0 atom stereocenters. The Kier molecular flexibility index (Phi) is 8.15. The molecule has 3 fully saturated rings. The average Bonchev–Trinajstić information content (AvgIpc) is 2.91. The summed E-state index contributed by atoms with van der Waals surface area (Å²) in [5, 5.41) is 0. The third-order valence-corrected chi connectivity index (χ3v) is 9.83. The third kappa shape index (κ3) is 5.95. The molecule has 1 nitrogen and oxygen atoms in total. The largest absolute Gasteiger partial charge is 0.491 e. The summed E-state index contributed by atoms with van der Waals surface area (Å²) in [6, 6.07) is 15.3. The molecule has 2 heteroatoms. The van der Waals surface area contributed by atoms with E-state index >= 15 is 0 Å². The van der Waals surface area contributed by atoms with Crippen molar-refractivity contribution in [2.75, 3.05) is 6.61 Å². The molecule has 0 heterocycles. The van der Waals surface area contributed by atoms with Crippen molar-refractivity contribution in [1.82, 2.24) is 0 Å². The number of halogens is 1. The summed E-state index contributed by atoms with van der Waals surface area (Å²) in [5.41, 5.74) is 4.22. The number of hydrogen-bond donors (Lipinski definition) is 0. The maximum absolute atomic E-state index is 14.3. The van der Waals surface area contributed by atoms with Gasteiger partial charge in [-0.15, -0.1) is 0 Å². The normalized spacial score (nSPS) is 31.7. The predicted molar refractivity (Wildman–Crippen MR) is 144 cm³/mol. The van der Waals surface area contributed by atoms with Crippen LogP contribution in [0.4, 0.5) is 4.39 Å². The zero-order valence-electron chi connectivity index (χ0n) is 22.0.